The van der Waals surface area contributed by atoms with Crippen LogP contribution in [-0.4, -0.2) is 6.10 Å². The Morgan fingerprint density at radius 3 is 2.26 bits per heavy atom. The van der Waals surface area contributed by atoms with Crippen LogP contribution in [0, 0.1) is 11.3 Å². The maximum absolute atomic E-state index is 6.26. The number of fused-ring (bicyclic) bond motifs is 1. The molecule has 23 heavy (non-hydrogen) atoms. The van der Waals surface area contributed by atoms with Gasteiger partial charge in [0.05, 0.1) is 6.10 Å². The van der Waals surface area contributed by atoms with Crippen molar-refractivity contribution in [1.29, 1.82) is 0 Å². The normalized spacial score (nSPS) is 22.3. The number of benzene rings is 2. The molecule has 3 rings (SSSR count). The van der Waals surface area contributed by atoms with Crippen LogP contribution in [0.5, 0.6) is 5.75 Å². The number of hydrogen-bond acceptors (Lipinski definition) is 2. The molecule has 2 nitrogen and oxygen atoms in total. The van der Waals surface area contributed by atoms with E-state index in [1.165, 1.54) is 42.0 Å². The summed E-state index contributed by atoms with van der Waals surface area (Å²) in [5.41, 5.74) is 7.31. The average Bonchev–Trinajstić information content (AvgIpc) is 2.54. The highest BCUT2D eigenvalue weighted by molar-refractivity contribution is 5.84. The monoisotopic (exact) mass is 311 g/mol. The quantitative estimate of drug-likeness (QED) is 0.836. The molecule has 2 heteroatoms. The average molecular weight is 311 g/mol. The van der Waals surface area contributed by atoms with Crippen LogP contribution >= 0.6 is 0 Å². The minimum absolute atomic E-state index is 0.370. The van der Waals surface area contributed by atoms with E-state index >= 15 is 0 Å². The van der Waals surface area contributed by atoms with Gasteiger partial charge < -0.3 is 10.5 Å². The second-order valence-electron chi connectivity index (χ2n) is 8.00. The zero-order chi connectivity index (χ0) is 16.4. The summed E-state index contributed by atoms with van der Waals surface area (Å²) >= 11 is 0. The number of hydrogen-bond donors (Lipinski definition) is 1. The highest BCUT2D eigenvalue weighted by Gasteiger charge is 2.30. The molecule has 2 aromatic carbocycles. The Kier molecular flexibility index (Phi) is 4.63. The molecule has 1 aliphatic carbocycles. The predicted molar refractivity (Wildman–Crippen MR) is 97.7 cm³/mol. The van der Waals surface area contributed by atoms with Crippen LogP contribution in [0.2, 0.25) is 0 Å². The van der Waals surface area contributed by atoms with Crippen molar-refractivity contribution in [2.45, 2.75) is 59.1 Å². The Bertz CT molecular complexity index is 663. The molecule has 0 bridgehead atoms. The first kappa shape index (κ1) is 16.3. The van der Waals surface area contributed by atoms with Crippen LogP contribution in [0.25, 0.3) is 10.8 Å². The van der Waals surface area contributed by atoms with Crippen molar-refractivity contribution in [3.63, 3.8) is 0 Å². The summed E-state index contributed by atoms with van der Waals surface area (Å²) in [6.45, 7) is 7.67. The second-order valence-corrected chi connectivity index (χ2v) is 8.00. The van der Waals surface area contributed by atoms with Crippen LogP contribution in [0.4, 0.5) is 0 Å². The van der Waals surface area contributed by atoms with E-state index in [1.54, 1.807) is 0 Å². The van der Waals surface area contributed by atoms with Crippen molar-refractivity contribution in [3.8, 4) is 5.75 Å². The highest BCUT2D eigenvalue weighted by Crippen LogP contribution is 2.38. The predicted octanol–water partition coefficient (Wildman–Crippen LogP) is 5.28. The molecule has 1 fully saturated rings. The zero-order valence-corrected chi connectivity index (χ0v) is 14.6. The van der Waals surface area contributed by atoms with E-state index in [2.05, 4.69) is 57.2 Å². The number of ether oxygens (including phenoxy) is 1. The van der Waals surface area contributed by atoms with Crippen molar-refractivity contribution in [1.82, 2.24) is 0 Å². The molecule has 2 aromatic rings. The molecule has 0 aliphatic heterocycles. The van der Waals surface area contributed by atoms with Crippen LogP contribution in [0.1, 0.15) is 52.0 Å². The van der Waals surface area contributed by atoms with Gasteiger partial charge in [0.15, 0.2) is 0 Å². The second kappa shape index (κ2) is 6.52. The van der Waals surface area contributed by atoms with Gasteiger partial charge in [0, 0.05) is 6.54 Å². The van der Waals surface area contributed by atoms with E-state index in [4.69, 9.17) is 10.5 Å². The van der Waals surface area contributed by atoms with Gasteiger partial charge in [-0.3, -0.25) is 0 Å². The van der Waals surface area contributed by atoms with Crippen molar-refractivity contribution >= 4 is 10.8 Å². The molecular weight excluding hydrogens is 282 g/mol. The summed E-state index contributed by atoms with van der Waals surface area (Å²) in [6.07, 6.45) is 5.27. The van der Waals surface area contributed by atoms with Crippen LogP contribution < -0.4 is 10.5 Å². The van der Waals surface area contributed by atoms with E-state index in [0.717, 1.165) is 11.7 Å². The third kappa shape index (κ3) is 3.87. The molecule has 2 N–H and O–H groups in total. The largest absolute Gasteiger partial charge is 0.490 e. The molecule has 124 valence electrons. The Balaban J connectivity index is 1.66. The van der Waals surface area contributed by atoms with Gasteiger partial charge in [0.1, 0.15) is 5.75 Å². The molecule has 0 radical (unpaired) electrons. The molecule has 1 saturated carbocycles. The Morgan fingerprint density at radius 1 is 0.957 bits per heavy atom. The Morgan fingerprint density at radius 2 is 1.61 bits per heavy atom. The smallest absolute Gasteiger partial charge is 0.120 e. The van der Waals surface area contributed by atoms with Crippen molar-refractivity contribution in [2.24, 2.45) is 17.1 Å². The third-order valence-electron chi connectivity index (χ3n) is 5.31. The summed E-state index contributed by atoms with van der Waals surface area (Å²) in [7, 11) is 0. The summed E-state index contributed by atoms with van der Waals surface area (Å²) in [6, 6.07) is 12.8. The van der Waals surface area contributed by atoms with Crippen LogP contribution in [-0.2, 0) is 6.54 Å². The van der Waals surface area contributed by atoms with Gasteiger partial charge in [-0.1, -0.05) is 39.0 Å². The van der Waals surface area contributed by atoms with Gasteiger partial charge >= 0.3 is 0 Å². The fraction of sp³-hybridized carbons (Fsp3) is 0.524. The lowest BCUT2D eigenvalue weighted by Gasteiger charge is -2.37. The minimum atomic E-state index is 0.370. The summed E-state index contributed by atoms with van der Waals surface area (Å²) < 4.78 is 6.26. The van der Waals surface area contributed by atoms with Crippen molar-refractivity contribution in [2.75, 3.05) is 0 Å². The number of rotatable bonds is 3. The molecular formula is C21H29NO. The molecule has 0 unspecified atom stereocenters. The van der Waals surface area contributed by atoms with Gasteiger partial charge in [-0.2, -0.15) is 0 Å². The van der Waals surface area contributed by atoms with Gasteiger partial charge in [-0.05, 0) is 71.6 Å². The summed E-state index contributed by atoms with van der Waals surface area (Å²) in [5, 5.41) is 2.46. The molecule has 0 atom stereocenters. The van der Waals surface area contributed by atoms with Gasteiger partial charge in [0.25, 0.3) is 0 Å². The van der Waals surface area contributed by atoms with Crippen molar-refractivity contribution < 1.29 is 4.74 Å². The first-order valence-corrected chi connectivity index (χ1v) is 8.85. The Labute approximate surface area is 140 Å². The van der Waals surface area contributed by atoms with Crippen LogP contribution in [0.3, 0.4) is 0 Å². The first-order valence-electron chi connectivity index (χ1n) is 8.85. The summed E-state index contributed by atoms with van der Waals surface area (Å²) in [4.78, 5) is 0. The SMILES string of the molecule is CC(C)(C)C1CCC(Oc2ccc3cc(CN)ccc3c2)CC1. The summed E-state index contributed by atoms with van der Waals surface area (Å²) in [5.74, 6) is 1.82. The van der Waals surface area contributed by atoms with Gasteiger partial charge in [-0.15, -0.1) is 0 Å². The molecule has 0 aromatic heterocycles. The third-order valence-corrected chi connectivity index (χ3v) is 5.31. The van der Waals surface area contributed by atoms with E-state index in [1.807, 2.05) is 0 Å². The fourth-order valence-corrected chi connectivity index (χ4v) is 3.71. The highest BCUT2D eigenvalue weighted by atomic mass is 16.5. The molecule has 0 heterocycles. The fourth-order valence-electron chi connectivity index (χ4n) is 3.71. The molecule has 0 amide bonds. The van der Waals surface area contributed by atoms with Gasteiger partial charge in [0.2, 0.25) is 0 Å². The first-order chi connectivity index (χ1) is 11.0. The molecule has 1 aliphatic rings. The molecule has 0 saturated heterocycles. The van der Waals surface area contributed by atoms with Crippen molar-refractivity contribution in [3.05, 3.63) is 42.0 Å². The van der Waals surface area contributed by atoms with E-state index in [0.29, 0.717) is 18.1 Å². The van der Waals surface area contributed by atoms with E-state index in [-0.39, 0.29) is 0 Å². The Hall–Kier alpha value is -1.54. The van der Waals surface area contributed by atoms with Crippen LogP contribution in [0.15, 0.2) is 36.4 Å². The van der Waals surface area contributed by atoms with E-state index in [9.17, 15) is 0 Å². The molecule has 0 spiro atoms. The van der Waals surface area contributed by atoms with E-state index < -0.39 is 0 Å². The zero-order valence-electron chi connectivity index (χ0n) is 14.6. The maximum Gasteiger partial charge on any atom is 0.120 e. The van der Waals surface area contributed by atoms with Gasteiger partial charge in [-0.25, -0.2) is 0 Å². The minimum Gasteiger partial charge on any atom is -0.490 e. The standard InChI is InChI=1S/C21H29NO/c1-21(2,3)18-7-10-19(11-8-18)23-20-9-6-16-12-15(14-22)4-5-17(16)13-20/h4-6,9,12-13,18-19H,7-8,10-11,14,22H2,1-3H3. The maximum atomic E-state index is 6.26. The lowest BCUT2D eigenvalue weighted by molar-refractivity contribution is 0.0883. The number of nitrogens with two attached hydrogens (primary N) is 1. The lowest BCUT2D eigenvalue weighted by Crippen LogP contribution is -2.30. The topological polar surface area (TPSA) is 35.2 Å². The lowest BCUT2D eigenvalue weighted by atomic mass is 9.72.